The lowest BCUT2D eigenvalue weighted by molar-refractivity contribution is -0.305. The van der Waals surface area contributed by atoms with Gasteiger partial charge in [0.05, 0.1) is 11.8 Å². The number of carbonyl (C=O) groups is 3. The summed E-state index contributed by atoms with van der Waals surface area (Å²) in [6.07, 6.45) is 0.592. The van der Waals surface area contributed by atoms with E-state index in [1.165, 1.54) is 0 Å². The molecular weight excluding hydrogens is 382 g/mol. The lowest BCUT2D eigenvalue weighted by Gasteiger charge is -2.28. The number of carboxylic acid groups (broad SMARTS) is 1. The summed E-state index contributed by atoms with van der Waals surface area (Å²) >= 11 is 7.19. The lowest BCUT2D eigenvalue weighted by atomic mass is 9.81. The third-order valence-corrected chi connectivity index (χ3v) is 7.82. The SMILES string of the molecule is O=C([O-])CCN1C(=O)[C@@H]2[C@@H]3C[C@@H]([C@@H](Br)[C@H]3Br)[C@@H]2C1=O. The molecule has 0 radical (unpaired) electrons. The Kier molecular flexibility index (Phi) is 3.24. The van der Waals surface area contributed by atoms with Gasteiger partial charge in [0.2, 0.25) is 11.8 Å². The molecule has 0 aromatic heterocycles. The van der Waals surface area contributed by atoms with Crippen LogP contribution in [0.3, 0.4) is 0 Å². The number of alkyl halides is 2. The minimum atomic E-state index is -1.24. The largest absolute Gasteiger partial charge is 0.550 e. The van der Waals surface area contributed by atoms with Crippen LogP contribution in [0.5, 0.6) is 0 Å². The molecule has 1 heterocycles. The first-order valence-corrected chi connectivity index (χ1v) is 8.10. The van der Waals surface area contributed by atoms with Crippen molar-refractivity contribution in [3.05, 3.63) is 0 Å². The van der Waals surface area contributed by atoms with Gasteiger partial charge in [0.25, 0.3) is 0 Å². The van der Waals surface area contributed by atoms with Crippen LogP contribution in [-0.2, 0) is 14.4 Å². The molecule has 3 aliphatic rings. The van der Waals surface area contributed by atoms with Crippen molar-refractivity contribution in [1.82, 2.24) is 4.90 Å². The molecule has 0 N–H and O–H groups in total. The summed E-state index contributed by atoms with van der Waals surface area (Å²) in [4.78, 5) is 36.6. The standard InChI is InChI=1S/C12H13Br2NO4/c13-9-4-3-5(10(9)14)8-7(4)11(18)15(12(8)19)2-1-6(16)17/h4-5,7-10H,1-3H2,(H,16,17)/p-1/t4-,5+,7+,8-,9-,10+. The Bertz CT molecular complexity index is 437. The molecule has 6 atom stereocenters. The van der Waals surface area contributed by atoms with Gasteiger partial charge in [-0.1, -0.05) is 31.9 Å². The second-order valence-corrected chi connectivity index (χ2v) is 7.57. The molecule has 2 saturated carbocycles. The summed E-state index contributed by atoms with van der Waals surface area (Å²) < 4.78 is 0. The lowest BCUT2D eigenvalue weighted by Crippen LogP contribution is -2.37. The van der Waals surface area contributed by atoms with E-state index in [9.17, 15) is 19.5 Å². The van der Waals surface area contributed by atoms with Gasteiger partial charge in [-0.25, -0.2) is 0 Å². The first-order chi connectivity index (χ1) is 8.93. The Morgan fingerprint density at radius 2 is 1.63 bits per heavy atom. The molecule has 0 aromatic carbocycles. The van der Waals surface area contributed by atoms with Gasteiger partial charge in [0, 0.05) is 28.6 Å². The molecule has 0 unspecified atom stereocenters. The van der Waals surface area contributed by atoms with Crippen LogP contribution in [0.2, 0.25) is 0 Å². The number of hydrogen-bond acceptors (Lipinski definition) is 4. The van der Waals surface area contributed by atoms with E-state index in [1.807, 2.05) is 0 Å². The maximum absolute atomic E-state index is 12.3. The summed E-state index contributed by atoms with van der Waals surface area (Å²) in [5.74, 6) is -1.83. The first kappa shape index (κ1) is 13.5. The number of fused-ring (bicyclic) bond motifs is 5. The van der Waals surface area contributed by atoms with Crippen LogP contribution in [-0.4, -0.2) is 38.9 Å². The second-order valence-electron chi connectivity index (χ2n) is 5.45. The number of likely N-dealkylation sites (tertiary alicyclic amines) is 1. The van der Waals surface area contributed by atoms with Gasteiger partial charge >= 0.3 is 0 Å². The molecule has 3 fully saturated rings. The predicted octanol–water partition coefficient (Wildman–Crippen LogP) is -0.0957. The van der Waals surface area contributed by atoms with Crippen molar-refractivity contribution in [2.45, 2.75) is 22.5 Å². The van der Waals surface area contributed by atoms with Crippen LogP contribution in [0, 0.1) is 23.7 Å². The monoisotopic (exact) mass is 392 g/mol. The van der Waals surface area contributed by atoms with E-state index in [2.05, 4.69) is 31.9 Å². The molecular formula is C12H12Br2NO4-. The van der Waals surface area contributed by atoms with Crippen molar-refractivity contribution in [2.75, 3.05) is 6.54 Å². The van der Waals surface area contributed by atoms with Crippen molar-refractivity contribution in [3.8, 4) is 0 Å². The topological polar surface area (TPSA) is 77.5 Å². The minimum Gasteiger partial charge on any atom is -0.550 e. The Labute approximate surface area is 127 Å². The van der Waals surface area contributed by atoms with Crippen molar-refractivity contribution in [2.24, 2.45) is 23.7 Å². The van der Waals surface area contributed by atoms with Crippen LogP contribution in [0.15, 0.2) is 0 Å². The van der Waals surface area contributed by atoms with Crippen LogP contribution in [0.4, 0.5) is 0 Å². The van der Waals surface area contributed by atoms with Crippen molar-refractivity contribution < 1.29 is 19.5 Å². The summed E-state index contributed by atoms with van der Waals surface area (Å²) in [6.45, 7) is -0.0632. The zero-order chi connectivity index (χ0) is 13.9. The maximum atomic E-state index is 12.3. The Balaban J connectivity index is 1.83. The van der Waals surface area contributed by atoms with E-state index >= 15 is 0 Å². The fraction of sp³-hybridized carbons (Fsp3) is 0.750. The Hall–Kier alpha value is -0.430. The molecule has 3 rings (SSSR count). The van der Waals surface area contributed by atoms with E-state index in [0.717, 1.165) is 11.3 Å². The number of aliphatic carboxylic acids is 1. The van der Waals surface area contributed by atoms with E-state index < -0.39 is 5.97 Å². The van der Waals surface area contributed by atoms with Gasteiger partial charge in [-0.05, 0) is 18.3 Å². The molecule has 2 amide bonds. The molecule has 2 aliphatic carbocycles. The number of carbonyl (C=O) groups excluding carboxylic acids is 3. The fourth-order valence-corrected chi connectivity index (χ4v) is 5.71. The van der Waals surface area contributed by atoms with Crippen LogP contribution in [0.25, 0.3) is 0 Å². The molecule has 104 valence electrons. The summed E-state index contributed by atoms with van der Waals surface area (Å²) in [6, 6.07) is 0. The highest BCUT2D eigenvalue weighted by molar-refractivity contribution is 9.12. The molecule has 7 heteroatoms. The molecule has 1 saturated heterocycles. The number of halogens is 2. The van der Waals surface area contributed by atoms with Gasteiger partial charge in [0.1, 0.15) is 0 Å². The number of hydrogen-bond donors (Lipinski definition) is 0. The fourth-order valence-electron chi connectivity index (χ4n) is 3.83. The van der Waals surface area contributed by atoms with E-state index in [1.54, 1.807) is 0 Å². The average Bonchev–Trinajstić information content (AvgIpc) is 2.93. The summed E-state index contributed by atoms with van der Waals surface area (Å²) in [5, 5.41) is 10.5. The zero-order valence-corrected chi connectivity index (χ0v) is 13.1. The smallest absolute Gasteiger partial charge is 0.233 e. The van der Waals surface area contributed by atoms with Gasteiger partial charge in [-0.15, -0.1) is 0 Å². The first-order valence-electron chi connectivity index (χ1n) is 6.26. The molecule has 0 aromatic rings. The van der Waals surface area contributed by atoms with Crippen LogP contribution >= 0.6 is 31.9 Å². The quantitative estimate of drug-likeness (QED) is 0.495. The molecule has 0 spiro atoms. The highest BCUT2D eigenvalue weighted by Crippen LogP contribution is 2.60. The van der Waals surface area contributed by atoms with Gasteiger partial charge in [-0.3, -0.25) is 14.5 Å². The van der Waals surface area contributed by atoms with Crippen molar-refractivity contribution in [3.63, 3.8) is 0 Å². The third kappa shape index (κ3) is 1.81. The van der Waals surface area contributed by atoms with E-state index in [4.69, 9.17) is 0 Å². The van der Waals surface area contributed by atoms with Crippen LogP contribution in [0.1, 0.15) is 12.8 Å². The van der Waals surface area contributed by atoms with Gasteiger partial charge in [-0.2, -0.15) is 0 Å². The summed E-state index contributed by atoms with van der Waals surface area (Å²) in [5.41, 5.74) is 0. The number of imide groups is 1. The number of carboxylic acids is 1. The minimum absolute atomic E-state index is 0.0632. The normalized spacial score (nSPS) is 44.0. The highest BCUT2D eigenvalue weighted by atomic mass is 79.9. The van der Waals surface area contributed by atoms with Gasteiger partial charge in [0.15, 0.2) is 0 Å². The molecule has 2 bridgehead atoms. The Morgan fingerprint density at radius 1 is 1.16 bits per heavy atom. The molecule has 5 nitrogen and oxygen atoms in total. The number of nitrogens with zero attached hydrogens (tertiary/aromatic N) is 1. The summed E-state index contributed by atoms with van der Waals surface area (Å²) in [7, 11) is 0. The van der Waals surface area contributed by atoms with Crippen molar-refractivity contribution in [1.29, 1.82) is 0 Å². The molecule has 1 aliphatic heterocycles. The molecule has 19 heavy (non-hydrogen) atoms. The van der Waals surface area contributed by atoms with E-state index in [-0.39, 0.29) is 58.1 Å². The number of amides is 2. The predicted molar refractivity (Wildman–Crippen MR) is 70.4 cm³/mol. The van der Waals surface area contributed by atoms with Crippen molar-refractivity contribution >= 4 is 49.6 Å². The van der Waals surface area contributed by atoms with E-state index in [0.29, 0.717) is 0 Å². The number of rotatable bonds is 3. The Morgan fingerprint density at radius 3 is 2.05 bits per heavy atom. The zero-order valence-electron chi connectivity index (χ0n) is 9.92. The highest BCUT2D eigenvalue weighted by Gasteiger charge is 2.66. The average molecular weight is 394 g/mol. The maximum Gasteiger partial charge on any atom is 0.233 e. The van der Waals surface area contributed by atoms with Crippen LogP contribution < -0.4 is 5.11 Å². The van der Waals surface area contributed by atoms with Gasteiger partial charge < -0.3 is 9.90 Å². The third-order valence-electron chi connectivity index (χ3n) is 4.62. The second kappa shape index (κ2) is 4.55.